The van der Waals surface area contributed by atoms with Gasteiger partial charge in [-0.3, -0.25) is 9.69 Å². The van der Waals surface area contributed by atoms with E-state index in [-0.39, 0.29) is 17.8 Å². The van der Waals surface area contributed by atoms with Gasteiger partial charge in [0.15, 0.2) is 11.5 Å². The second-order valence-electron chi connectivity index (χ2n) is 6.74. The summed E-state index contributed by atoms with van der Waals surface area (Å²) < 4.78 is 24.1. The summed E-state index contributed by atoms with van der Waals surface area (Å²) >= 11 is 0. The second-order valence-corrected chi connectivity index (χ2v) is 6.74. The van der Waals surface area contributed by atoms with Gasteiger partial charge >= 0.3 is 0 Å². The number of nitrogens with one attached hydrogen (secondary N) is 1. The van der Waals surface area contributed by atoms with E-state index in [0.717, 1.165) is 22.6 Å². The van der Waals surface area contributed by atoms with Crippen LogP contribution in [0.1, 0.15) is 18.1 Å². The molecule has 0 spiro atoms. The Hall–Kier alpha value is -2.60. The van der Waals surface area contributed by atoms with Crippen LogP contribution in [-0.4, -0.2) is 43.7 Å². The van der Waals surface area contributed by atoms with E-state index in [1.807, 2.05) is 37.1 Å². The minimum Gasteiger partial charge on any atom is -0.486 e. The zero-order valence-corrected chi connectivity index (χ0v) is 15.7. The number of carbonyl (C=O) groups is 1. The quantitative estimate of drug-likeness (QED) is 0.812. The molecule has 3 rings (SSSR count). The molecule has 0 aliphatic carbocycles. The van der Waals surface area contributed by atoms with Crippen molar-refractivity contribution < 1.29 is 18.7 Å². The van der Waals surface area contributed by atoms with Crippen LogP contribution in [0.25, 0.3) is 0 Å². The molecule has 1 heterocycles. The van der Waals surface area contributed by atoms with Gasteiger partial charge in [-0.15, -0.1) is 0 Å². The first-order chi connectivity index (χ1) is 13.0. The third kappa shape index (κ3) is 5.20. The lowest BCUT2D eigenvalue weighted by atomic mass is 10.1. The molecule has 1 amide bonds. The average Bonchev–Trinajstić information content (AvgIpc) is 2.68. The van der Waals surface area contributed by atoms with Crippen LogP contribution in [-0.2, 0) is 17.8 Å². The molecule has 6 heteroatoms. The van der Waals surface area contributed by atoms with E-state index >= 15 is 0 Å². The molecular formula is C21H25FN2O3. The Labute approximate surface area is 159 Å². The minimum absolute atomic E-state index is 0.0304. The van der Waals surface area contributed by atoms with Gasteiger partial charge in [0.05, 0.1) is 6.04 Å². The summed E-state index contributed by atoms with van der Waals surface area (Å²) in [6.45, 7) is 4.15. The number of fused-ring (bicyclic) bond motifs is 1. The fourth-order valence-electron chi connectivity index (χ4n) is 2.94. The van der Waals surface area contributed by atoms with Gasteiger partial charge in [0.1, 0.15) is 19.0 Å². The van der Waals surface area contributed by atoms with Crippen molar-refractivity contribution in [1.82, 2.24) is 10.2 Å². The summed E-state index contributed by atoms with van der Waals surface area (Å²) in [5.41, 5.74) is 2.06. The molecule has 0 bridgehead atoms. The van der Waals surface area contributed by atoms with Crippen LogP contribution in [0, 0.1) is 5.82 Å². The third-order valence-electron chi connectivity index (χ3n) is 4.71. The average molecular weight is 372 g/mol. The Morgan fingerprint density at radius 1 is 1.11 bits per heavy atom. The molecule has 2 aromatic rings. The predicted octanol–water partition coefficient (Wildman–Crippen LogP) is 2.78. The summed E-state index contributed by atoms with van der Waals surface area (Å²) in [6, 6.07) is 11.9. The van der Waals surface area contributed by atoms with Crippen molar-refractivity contribution in [3.05, 3.63) is 59.4 Å². The topological polar surface area (TPSA) is 50.8 Å². The van der Waals surface area contributed by atoms with Crippen LogP contribution in [0.15, 0.2) is 42.5 Å². The fraction of sp³-hybridized carbons (Fsp3) is 0.381. The molecule has 1 atom stereocenters. The Morgan fingerprint density at radius 2 is 1.78 bits per heavy atom. The summed E-state index contributed by atoms with van der Waals surface area (Å²) in [4.78, 5) is 14.4. The van der Waals surface area contributed by atoms with Gasteiger partial charge in [-0.1, -0.05) is 18.2 Å². The van der Waals surface area contributed by atoms with Crippen LogP contribution >= 0.6 is 0 Å². The molecule has 0 fully saturated rings. The molecule has 144 valence electrons. The molecule has 5 nitrogen and oxygen atoms in total. The SMILES string of the molecule is CC(C(=O)NCCc1ccc(F)cc1)N(C)Cc1ccc2c(c1)OCCO2. The monoisotopic (exact) mass is 372 g/mol. The summed E-state index contributed by atoms with van der Waals surface area (Å²) in [5.74, 6) is 1.23. The van der Waals surface area contributed by atoms with Gasteiger partial charge in [0.25, 0.3) is 0 Å². The minimum atomic E-state index is -0.272. The number of amides is 1. The number of nitrogens with zero attached hydrogens (tertiary/aromatic N) is 1. The van der Waals surface area contributed by atoms with E-state index in [9.17, 15) is 9.18 Å². The molecule has 1 N–H and O–H groups in total. The van der Waals surface area contributed by atoms with E-state index in [1.165, 1.54) is 12.1 Å². The first kappa shape index (κ1) is 19.2. The molecule has 1 aliphatic rings. The van der Waals surface area contributed by atoms with Crippen LogP contribution < -0.4 is 14.8 Å². The highest BCUT2D eigenvalue weighted by atomic mass is 19.1. The van der Waals surface area contributed by atoms with Gasteiger partial charge in [0.2, 0.25) is 5.91 Å². The number of likely N-dealkylation sites (N-methyl/N-ethyl adjacent to an activating group) is 1. The fourth-order valence-corrected chi connectivity index (χ4v) is 2.94. The van der Waals surface area contributed by atoms with Gasteiger partial charge in [-0.25, -0.2) is 4.39 Å². The first-order valence-corrected chi connectivity index (χ1v) is 9.14. The van der Waals surface area contributed by atoms with Crippen molar-refractivity contribution >= 4 is 5.91 Å². The van der Waals surface area contributed by atoms with Crippen molar-refractivity contribution in [2.75, 3.05) is 26.8 Å². The van der Waals surface area contributed by atoms with E-state index in [2.05, 4.69) is 5.32 Å². The lowest BCUT2D eigenvalue weighted by Crippen LogP contribution is -2.43. The van der Waals surface area contributed by atoms with Crippen molar-refractivity contribution in [3.8, 4) is 11.5 Å². The Kier molecular flexibility index (Phi) is 6.29. The van der Waals surface area contributed by atoms with Gasteiger partial charge in [-0.2, -0.15) is 0 Å². The number of rotatable bonds is 7. The molecular weight excluding hydrogens is 347 g/mol. The van der Waals surface area contributed by atoms with Gasteiger partial charge < -0.3 is 14.8 Å². The number of ether oxygens (including phenoxy) is 2. The normalized spacial score (nSPS) is 14.1. The van der Waals surface area contributed by atoms with Crippen LogP contribution in [0.3, 0.4) is 0 Å². The highest BCUT2D eigenvalue weighted by molar-refractivity contribution is 5.81. The predicted molar refractivity (Wildman–Crippen MR) is 101 cm³/mol. The Bertz CT molecular complexity index is 779. The van der Waals surface area contributed by atoms with Gasteiger partial charge in [0, 0.05) is 13.1 Å². The Morgan fingerprint density at radius 3 is 2.52 bits per heavy atom. The molecule has 1 aliphatic heterocycles. The maximum absolute atomic E-state index is 12.9. The lowest BCUT2D eigenvalue weighted by molar-refractivity contribution is -0.125. The molecule has 0 radical (unpaired) electrons. The maximum atomic E-state index is 12.9. The third-order valence-corrected chi connectivity index (χ3v) is 4.71. The second kappa shape index (κ2) is 8.86. The summed E-state index contributed by atoms with van der Waals surface area (Å²) in [6.07, 6.45) is 0.671. The number of hydrogen-bond donors (Lipinski definition) is 1. The van der Waals surface area contributed by atoms with Crippen molar-refractivity contribution in [1.29, 1.82) is 0 Å². The standard InChI is InChI=1S/C21H25FN2O3/c1-15(21(25)23-10-9-16-3-6-18(22)7-4-16)24(2)14-17-5-8-19-20(13-17)27-12-11-26-19/h3-8,13,15H,9-12,14H2,1-2H3,(H,23,25). The van der Waals surface area contributed by atoms with E-state index in [4.69, 9.17) is 9.47 Å². The maximum Gasteiger partial charge on any atom is 0.237 e. The van der Waals surface area contributed by atoms with E-state index in [1.54, 1.807) is 12.1 Å². The zero-order valence-electron chi connectivity index (χ0n) is 15.7. The number of benzene rings is 2. The molecule has 1 unspecified atom stereocenters. The molecule has 27 heavy (non-hydrogen) atoms. The van der Waals surface area contributed by atoms with Crippen molar-refractivity contribution in [3.63, 3.8) is 0 Å². The van der Waals surface area contributed by atoms with Gasteiger partial charge in [-0.05, 0) is 55.8 Å². The number of halogens is 1. The molecule has 0 saturated carbocycles. The molecule has 2 aromatic carbocycles. The molecule has 0 saturated heterocycles. The smallest absolute Gasteiger partial charge is 0.237 e. The van der Waals surface area contributed by atoms with E-state index < -0.39 is 0 Å². The highest BCUT2D eigenvalue weighted by Gasteiger charge is 2.19. The van der Waals surface area contributed by atoms with Crippen molar-refractivity contribution in [2.45, 2.75) is 25.9 Å². The highest BCUT2D eigenvalue weighted by Crippen LogP contribution is 2.31. The summed E-state index contributed by atoms with van der Waals surface area (Å²) in [5, 5.41) is 2.94. The number of hydrogen-bond acceptors (Lipinski definition) is 4. The van der Waals surface area contributed by atoms with Crippen molar-refractivity contribution in [2.24, 2.45) is 0 Å². The number of carbonyl (C=O) groups excluding carboxylic acids is 1. The summed E-state index contributed by atoms with van der Waals surface area (Å²) in [7, 11) is 1.92. The lowest BCUT2D eigenvalue weighted by Gasteiger charge is -2.25. The van der Waals surface area contributed by atoms with E-state index in [0.29, 0.717) is 32.7 Å². The van der Waals surface area contributed by atoms with Crippen LogP contribution in [0.2, 0.25) is 0 Å². The van der Waals surface area contributed by atoms with Crippen LogP contribution in [0.4, 0.5) is 4.39 Å². The Balaban J connectivity index is 1.48. The van der Waals surface area contributed by atoms with Crippen LogP contribution in [0.5, 0.6) is 11.5 Å². The largest absolute Gasteiger partial charge is 0.486 e. The molecule has 0 aromatic heterocycles. The zero-order chi connectivity index (χ0) is 19.2. The first-order valence-electron chi connectivity index (χ1n) is 9.14.